The third-order valence-electron chi connectivity index (χ3n) is 4.22. The van der Waals surface area contributed by atoms with E-state index in [9.17, 15) is 9.18 Å². The number of amides is 1. The van der Waals surface area contributed by atoms with Crippen molar-refractivity contribution in [3.05, 3.63) is 29.0 Å². The number of nitrogens with one attached hydrogen (secondary N) is 2. The number of hydrogen-bond donors (Lipinski definition) is 2. The lowest BCUT2D eigenvalue weighted by Gasteiger charge is -2.35. The van der Waals surface area contributed by atoms with Gasteiger partial charge in [0.2, 0.25) is 0 Å². The van der Waals surface area contributed by atoms with E-state index in [1.54, 1.807) is 0 Å². The first-order chi connectivity index (χ1) is 9.86. The summed E-state index contributed by atoms with van der Waals surface area (Å²) in [4.78, 5) is 13.7. The molecule has 0 spiro atoms. The molecule has 2 N–H and O–H groups in total. The SMILES string of the molecule is C[C@H]1C[C@H](C)C[NH+]([C@@H](C)C(=O)Nc2ccc(F)cc2Cl)C1. The van der Waals surface area contributed by atoms with Gasteiger partial charge in [0.1, 0.15) is 5.82 Å². The lowest BCUT2D eigenvalue weighted by molar-refractivity contribution is -0.925. The van der Waals surface area contributed by atoms with Crippen LogP contribution in [0.3, 0.4) is 0 Å². The molecule has 0 unspecified atom stereocenters. The van der Waals surface area contributed by atoms with Gasteiger partial charge in [-0.15, -0.1) is 0 Å². The number of quaternary nitrogens is 1. The van der Waals surface area contributed by atoms with Crippen LogP contribution < -0.4 is 10.2 Å². The minimum absolute atomic E-state index is 0.0696. The molecule has 3 nitrogen and oxygen atoms in total. The van der Waals surface area contributed by atoms with E-state index in [0.29, 0.717) is 17.5 Å². The fourth-order valence-electron chi connectivity index (χ4n) is 3.20. The molecule has 1 aliphatic rings. The Hall–Kier alpha value is -1.13. The second-order valence-electron chi connectivity index (χ2n) is 6.35. The monoisotopic (exact) mass is 313 g/mol. The molecule has 0 saturated carbocycles. The van der Waals surface area contributed by atoms with Crippen molar-refractivity contribution in [2.24, 2.45) is 11.8 Å². The van der Waals surface area contributed by atoms with Crippen molar-refractivity contribution in [3.8, 4) is 0 Å². The molecule has 0 aliphatic carbocycles. The van der Waals surface area contributed by atoms with Crippen LogP contribution in [0, 0.1) is 17.7 Å². The molecule has 3 atom stereocenters. The lowest BCUT2D eigenvalue weighted by Crippen LogP contribution is -3.18. The summed E-state index contributed by atoms with van der Waals surface area (Å²) in [6, 6.07) is 3.86. The molecule has 1 saturated heterocycles. The first-order valence-electron chi connectivity index (χ1n) is 7.47. The molecule has 2 rings (SSSR count). The number of halogens is 2. The van der Waals surface area contributed by atoms with Crippen LogP contribution >= 0.6 is 11.6 Å². The van der Waals surface area contributed by atoms with Gasteiger partial charge in [0.15, 0.2) is 6.04 Å². The van der Waals surface area contributed by atoms with E-state index in [1.807, 2.05) is 6.92 Å². The van der Waals surface area contributed by atoms with Gasteiger partial charge in [-0.05, 0) is 31.5 Å². The highest BCUT2D eigenvalue weighted by Crippen LogP contribution is 2.22. The molecule has 1 heterocycles. The maximum atomic E-state index is 13.0. The summed E-state index contributed by atoms with van der Waals surface area (Å²) in [7, 11) is 0. The molecule has 1 aromatic carbocycles. The average molecular weight is 314 g/mol. The highest BCUT2D eigenvalue weighted by atomic mass is 35.5. The molecule has 1 aliphatic heterocycles. The summed E-state index contributed by atoms with van der Waals surface area (Å²) in [5.74, 6) is 0.789. The molecule has 21 heavy (non-hydrogen) atoms. The smallest absolute Gasteiger partial charge is 0.282 e. The standard InChI is InChI=1S/C16H22ClFN2O/c1-10-6-11(2)9-20(8-10)12(3)16(21)19-15-5-4-13(18)7-14(15)17/h4-5,7,10-12H,6,8-9H2,1-3H3,(H,19,21)/p+1/t10-,11-,12-/m0/s1. The highest BCUT2D eigenvalue weighted by Gasteiger charge is 2.32. The summed E-state index contributed by atoms with van der Waals surface area (Å²) in [5, 5.41) is 3.03. The van der Waals surface area contributed by atoms with Crippen LogP contribution in [0.25, 0.3) is 0 Å². The van der Waals surface area contributed by atoms with E-state index in [2.05, 4.69) is 19.2 Å². The lowest BCUT2D eigenvalue weighted by atomic mass is 9.91. The number of rotatable bonds is 3. The highest BCUT2D eigenvalue weighted by molar-refractivity contribution is 6.33. The molecular formula is C16H23ClFN2O+. The van der Waals surface area contributed by atoms with Crippen molar-refractivity contribution in [2.75, 3.05) is 18.4 Å². The van der Waals surface area contributed by atoms with Crippen LogP contribution in [0.4, 0.5) is 10.1 Å². The van der Waals surface area contributed by atoms with Gasteiger partial charge >= 0.3 is 0 Å². The Morgan fingerprint density at radius 1 is 1.38 bits per heavy atom. The number of likely N-dealkylation sites (tertiary alicyclic amines) is 1. The summed E-state index contributed by atoms with van der Waals surface area (Å²) in [5.41, 5.74) is 0.465. The second-order valence-corrected chi connectivity index (χ2v) is 6.75. The van der Waals surface area contributed by atoms with Crippen LogP contribution in [-0.2, 0) is 4.79 Å². The Kier molecular flexibility index (Phi) is 5.22. The summed E-state index contributed by atoms with van der Waals surface area (Å²) in [6.45, 7) is 8.42. The average Bonchev–Trinajstić information content (AvgIpc) is 2.40. The second kappa shape index (κ2) is 6.75. The van der Waals surface area contributed by atoms with Crippen molar-refractivity contribution in [1.29, 1.82) is 0 Å². The minimum atomic E-state index is -0.407. The van der Waals surface area contributed by atoms with E-state index in [1.165, 1.54) is 29.5 Å². The molecule has 116 valence electrons. The van der Waals surface area contributed by atoms with E-state index >= 15 is 0 Å². The molecule has 5 heteroatoms. The van der Waals surface area contributed by atoms with Gasteiger partial charge < -0.3 is 10.2 Å². The normalized spacial score (nSPS) is 27.2. The van der Waals surface area contributed by atoms with Gasteiger partial charge in [0, 0.05) is 11.8 Å². The quantitative estimate of drug-likeness (QED) is 0.882. The largest absolute Gasteiger partial charge is 0.324 e. The van der Waals surface area contributed by atoms with Gasteiger partial charge in [-0.1, -0.05) is 25.4 Å². The first-order valence-corrected chi connectivity index (χ1v) is 7.85. The summed E-state index contributed by atoms with van der Waals surface area (Å²) < 4.78 is 13.0. The van der Waals surface area contributed by atoms with E-state index in [4.69, 9.17) is 11.6 Å². The van der Waals surface area contributed by atoms with Gasteiger partial charge in [-0.25, -0.2) is 4.39 Å². The molecular weight excluding hydrogens is 291 g/mol. The Morgan fingerprint density at radius 2 is 2.00 bits per heavy atom. The molecule has 0 aromatic heterocycles. The molecule has 1 fully saturated rings. The molecule has 0 bridgehead atoms. The zero-order valence-electron chi connectivity index (χ0n) is 12.7. The number of benzene rings is 1. The number of piperidine rings is 1. The van der Waals surface area contributed by atoms with E-state index in [0.717, 1.165) is 13.1 Å². The van der Waals surface area contributed by atoms with E-state index < -0.39 is 5.82 Å². The molecule has 1 amide bonds. The van der Waals surface area contributed by atoms with Crippen molar-refractivity contribution >= 4 is 23.2 Å². The molecule has 1 aromatic rings. The third-order valence-corrected chi connectivity index (χ3v) is 4.53. The minimum Gasteiger partial charge on any atom is -0.324 e. The van der Waals surface area contributed by atoms with Crippen LogP contribution in [-0.4, -0.2) is 25.0 Å². The maximum Gasteiger partial charge on any atom is 0.282 e. The third kappa shape index (κ3) is 4.17. The Morgan fingerprint density at radius 3 is 2.57 bits per heavy atom. The van der Waals surface area contributed by atoms with Crippen LogP contribution in [0.1, 0.15) is 27.2 Å². The van der Waals surface area contributed by atoms with Gasteiger partial charge in [0.05, 0.1) is 23.8 Å². The predicted octanol–water partition coefficient (Wildman–Crippen LogP) is 2.37. The Labute approximate surface area is 130 Å². The van der Waals surface area contributed by atoms with Crippen molar-refractivity contribution in [2.45, 2.75) is 33.2 Å². The van der Waals surface area contributed by atoms with E-state index in [-0.39, 0.29) is 17.0 Å². The van der Waals surface area contributed by atoms with Crippen molar-refractivity contribution in [3.63, 3.8) is 0 Å². The topological polar surface area (TPSA) is 33.5 Å². The summed E-state index contributed by atoms with van der Waals surface area (Å²) >= 11 is 5.95. The number of anilines is 1. The van der Waals surface area contributed by atoms with Crippen molar-refractivity contribution in [1.82, 2.24) is 0 Å². The number of carbonyl (C=O) groups is 1. The van der Waals surface area contributed by atoms with Gasteiger partial charge in [-0.2, -0.15) is 0 Å². The number of hydrogen-bond acceptors (Lipinski definition) is 1. The Bertz CT molecular complexity index is 513. The van der Waals surface area contributed by atoms with Gasteiger partial charge in [0.25, 0.3) is 5.91 Å². The zero-order valence-corrected chi connectivity index (χ0v) is 13.5. The Balaban J connectivity index is 2.02. The van der Waals surface area contributed by atoms with Crippen LogP contribution in [0.2, 0.25) is 5.02 Å². The molecule has 0 radical (unpaired) electrons. The predicted molar refractivity (Wildman–Crippen MR) is 83.1 cm³/mol. The summed E-state index contributed by atoms with van der Waals surface area (Å²) in [6.07, 6.45) is 1.22. The van der Waals surface area contributed by atoms with Crippen LogP contribution in [0.5, 0.6) is 0 Å². The maximum absolute atomic E-state index is 13.0. The van der Waals surface area contributed by atoms with Crippen molar-refractivity contribution < 1.29 is 14.1 Å². The zero-order chi connectivity index (χ0) is 15.6. The fourth-order valence-corrected chi connectivity index (χ4v) is 3.42. The first kappa shape index (κ1) is 16.2. The fraction of sp³-hybridized carbons (Fsp3) is 0.562. The number of carbonyl (C=O) groups excluding carboxylic acids is 1. The van der Waals surface area contributed by atoms with Crippen LogP contribution in [0.15, 0.2) is 18.2 Å². The van der Waals surface area contributed by atoms with Gasteiger partial charge in [-0.3, -0.25) is 4.79 Å².